The first-order valence-corrected chi connectivity index (χ1v) is 8.39. The molecule has 0 saturated carbocycles. The number of fused-ring (bicyclic) bond motifs is 1. The molecule has 4 heteroatoms. The van der Waals surface area contributed by atoms with E-state index in [2.05, 4.69) is 43.2 Å². The van der Waals surface area contributed by atoms with Crippen molar-refractivity contribution in [3.05, 3.63) is 29.7 Å². The van der Waals surface area contributed by atoms with Gasteiger partial charge in [-0.25, -0.2) is 4.98 Å². The van der Waals surface area contributed by atoms with Gasteiger partial charge in [-0.2, -0.15) is 11.8 Å². The quantitative estimate of drug-likeness (QED) is 0.935. The van der Waals surface area contributed by atoms with E-state index in [1.54, 1.807) is 0 Å². The van der Waals surface area contributed by atoms with E-state index >= 15 is 0 Å². The van der Waals surface area contributed by atoms with Crippen LogP contribution < -0.4 is 5.32 Å². The Bertz CT molecular complexity index is 594. The van der Waals surface area contributed by atoms with Crippen molar-refractivity contribution in [1.82, 2.24) is 10.3 Å². The fraction of sp³-hybridized carbons (Fsp3) is 0.562. The van der Waals surface area contributed by atoms with Crippen molar-refractivity contribution in [1.29, 1.82) is 0 Å². The van der Waals surface area contributed by atoms with E-state index in [4.69, 9.17) is 4.42 Å². The van der Waals surface area contributed by atoms with Crippen molar-refractivity contribution >= 4 is 22.9 Å². The maximum atomic E-state index is 5.82. The topological polar surface area (TPSA) is 38.1 Å². The normalized spacial score (nSPS) is 19.9. The standard InChI is InChI=1S/C16H22N2OS/c1-16(2,3)11-4-5-14-13(8-11)18-15(19-14)9-17-12-6-7-20-10-12/h4-5,8,12,17H,6-7,9-10H2,1-3H3. The van der Waals surface area contributed by atoms with Gasteiger partial charge in [0, 0.05) is 11.8 Å². The minimum atomic E-state index is 0.145. The molecule has 3 nitrogen and oxygen atoms in total. The second-order valence-electron chi connectivity index (χ2n) is 6.48. The van der Waals surface area contributed by atoms with Crippen molar-refractivity contribution in [2.75, 3.05) is 11.5 Å². The summed E-state index contributed by atoms with van der Waals surface area (Å²) in [6.45, 7) is 7.38. The molecule has 0 bridgehead atoms. The minimum absolute atomic E-state index is 0.145. The molecule has 108 valence electrons. The predicted molar refractivity (Wildman–Crippen MR) is 85.3 cm³/mol. The van der Waals surface area contributed by atoms with E-state index in [-0.39, 0.29) is 5.41 Å². The second-order valence-corrected chi connectivity index (χ2v) is 7.63. The highest BCUT2D eigenvalue weighted by atomic mass is 32.2. The largest absolute Gasteiger partial charge is 0.439 e. The predicted octanol–water partition coefficient (Wildman–Crippen LogP) is 3.72. The Morgan fingerprint density at radius 1 is 1.40 bits per heavy atom. The summed E-state index contributed by atoms with van der Waals surface area (Å²) in [5, 5.41) is 3.53. The average molecular weight is 290 g/mol. The first kappa shape index (κ1) is 14.0. The number of hydrogen-bond acceptors (Lipinski definition) is 4. The molecule has 0 spiro atoms. The van der Waals surface area contributed by atoms with Gasteiger partial charge in [-0.1, -0.05) is 26.8 Å². The number of oxazole rings is 1. The molecule has 0 aliphatic carbocycles. The van der Waals surface area contributed by atoms with Gasteiger partial charge < -0.3 is 9.73 Å². The number of nitrogens with one attached hydrogen (secondary N) is 1. The highest BCUT2D eigenvalue weighted by molar-refractivity contribution is 7.99. The molecule has 1 atom stereocenters. The van der Waals surface area contributed by atoms with Crippen molar-refractivity contribution in [2.24, 2.45) is 0 Å². The van der Waals surface area contributed by atoms with Crippen molar-refractivity contribution in [3.8, 4) is 0 Å². The Labute approximate surface area is 124 Å². The molecule has 0 amide bonds. The fourth-order valence-corrected chi connectivity index (χ4v) is 3.63. The Morgan fingerprint density at radius 2 is 2.25 bits per heavy atom. The van der Waals surface area contributed by atoms with Gasteiger partial charge in [0.2, 0.25) is 5.89 Å². The lowest BCUT2D eigenvalue weighted by Crippen LogP contribution is -2.28. The molecule has 3 rings (SSSR count). The Kier molecular flexibility index (Phi) is 3.78. The van der Waals surface area contributed by atoms with Gasteiger partial charge >= 0.3 is 0 Å². The molecule has 1 unspecified atom stereocenters. The van der Waals surface area contributed by atoms with E-state index in [0.717, 1.165) is 23.5 Å². The van der Waals surface area contributed by atoms with Crippen LogP contribution in [0.2, 0.25) is 0 Å². The molecule has 1 fully saturated rings. The lowest BCUT2D eigenvalue weighted by Gasteiger charge is -2.18. The van der Waals surface area contributed by atoms with Gasteiger partial charge in [-0.3, -0.25) is 0 Å². The third kappa shape index (κ3) is 3.01. The summed E-state index contributed by atoms with van der Waals surface area (Å²) in [5.41, 5.74) is 3.29. The molecule has 1 aromatic heterocycles. The number of thioether (sulfide) groups is 1. The zero-order valence-electron chi connectivity index (χ0n) is 12.4. The molecule has 1 aliphatic rings. The van der Waals surface area contributed by atoms with E-state index in [0.29, 0.717) is 6.04 Å². The maximum Gasteiger partial charge on any atom is 0.209 e. The van der Waals surface area contributed by atoms with Crippen LogP contribution in [0.25, 0.3) is 11.1 Å². The Balaban J connectivity index is 1.76. The molecule has 1 aromatic carbocycles. The molecule has 20 heavy (non-hydrogen) atoms. The third-order valence-electron chi connectivity index (χ3n) is 3.77. The smallest absolute Gasteiger partial charge is 0.209 e. The van der Waals surface area contributed by atoms with Crippen LogP contribution in [0, 0.1) is 0 Å². The summed E-state index contributed by atoms with van der Waals surface area (Å²) in [7, 11) is 0. The van der Waals surface area contributed by atoms with Crippen molar-refractivity contribution in [2.45, 2.75) is 45.2 Å². The lowest BCUT2D eigenvalue weighted by molar-refractivity contribution is 0.463. The minimum Gasteiger partial charge on any atom is -0.439 e. The van der Waals surface area contributed by atoms with Gasteiger partial charge in [0.25, 0.3) is 0 Å². The van der Waals surface area contributed by atoms with Crippen molar-refractivity contribution in [3.63, 3.8) is 0 Å². The average Bonchev–Trinajstić information content (AvgIpc) is 3.03. The number of aromatic nitrogens is 1. The summed E-state index contributed by atoms with van der Waals surface area (Å²) in [6, 6.07) is 6.93. The van der Waals surface area contributed by atoms with Gasteiger partial charge in [-0.15, -0.1) is 0 Å². The van der Waals surface area contributed by atoms with E-state index < -0.39 is 0 Å². The van der Waals surface area contributed by atoms with Gasteiger partial charge in [0.1, 0.15) is 5.52 Å². The Morgan fingerprint density at radius 3 is 2.95 bits per heavy atom. The lowest BCUT2D eigenvalue weighted by atomic mass is 9.87. The van der Waals surface area contributed by atoms with Crippen LogP contribution in [0.1, 0.15) is 38.6 Å². The van der Waals surface area contributed by atoms with Crippen LogP contribution in [0.5, 0.6) is 0 Å². The summed E-state index contributed by atoms with van der Waals surface area (Å²) >= 11 is 2.01. The van der Waals surface area contributed by atoms with E-state index in [9.17, 15) is 0 Å². The van der Waals surface area contributed by atoms with Crippen LogP contribution in [0.15, 0.2) is 22.6 Å². The molecule has 1 aliphatic heterocycles. The van der Waals surface area contributed by atoms with Crippen LogP contribution in [0.4, 0.5) is 0 Å². The van der Waals surface area contributed by atoms with E-state index in [1.165, 1.54) is 23.5 Å². The number of rotatable bonds is 3. The van der Waals surface area contributed by atoms with Crippen molar-refractivity contribution < 1.29 is 4.42 Å². The first-order valence-electron chi connectivity index (χ1n) is 7.23. The van der Waals surface area contributed by atoms with E-state index in [1.807, 2.05) is 17.8 Å². The molecule has 0 radical (unpaired) electrons. The zero-order chi connectivity index (χ0) is 14.2. The first-order chi connectivity index (χ1) is 9.52. The Hall–Kier alpha value is -1.00. The highest BCUT2D eigenvalue weighted by Crippen LogP contribution is 2.26. The monoisotopic (exact) mass is 290 g/mol. The summed E-state index contributed by atoms with van der Waals surface area (Å²) < 4.78 is 5.82. The van der Waals surface area contributed by atoms with Gasteiger partial charge in [0.05, 0.1) is 6.54 Å². The summed E-state index contributed by atoms with van der Waals surface area (Å²) in [6.07, 6.45) is 1.25. The van der Waals surface area contributed by atoms with Crippen LogP contribution >= 0.6 is 11.8 Å². The molecule has 1 N–H and O–H groups in total. The molecule has 2 aromatic rings. The van der Waals surface area contributed by atoms with Gasteiger partial charge in [-0.05, 0) is 35.3 Å². The summed E-state index contributed by atoms with van der Waals surface area (Å²) in [4.78, 5) is 4.61. The molecule has 1 saturated heterocycles. The van der Waals surface area contributed by atoms with Crippen LogP contribution in [0.3, 0.4) is 0 Å². The SMILES string of the molecule is CC(C)(C)c1ccc2oc(CNC3CCSC3)nc2c1. The van der Waals surface area contributed by atoms with Crippen LogP contribution in [-0.2, 0) is 12.0 Å². The second kappa shape index (κ2) is 5.41. The van der Waals surface area contributed by atoms with Crippen LogP contribution in [-0.4, -0.2) is 22.5 Å². The number of nitrogens with zero attached hydrogens (tertiary/aromatic N) is 1. The van der Waals surface area contributed by atoms with Gasteiger partial charge in [0.15, 0.2) is 5.58 Å². The number of hydrogen-bond donors (Lipinski definition) is 1. The maximum absolute atomic E-state index is 5.82. The third-order valence-corrected chi connectivity index (χ3v) is 4.93. The zero-order valence-corrected chi connectivity index (χ0v) is 13.2. The fourth-order valence-electron chi connectivity index (χ4n) is 2.44. The molecular formula is C16H22N2OS. The number of benzene rings is 1. The highest BCUT2D eigenvalue weighted by Gasteiger charge is 2.17. The molecule has 2 heterocycles. The summed E-state index contributed by atoms with van der Waals surface area (Å²) in [5.74, 6) is 3.26. The molecular weight excluding hydrogens is 268 g/mol.